The van der Waals surface area contributed by atoms with E-state index in [0.717, 1.165) is 19.2 Å². The van der Waals surface area contributed by atoms with Gasteiger partial charge in [-0.2, -0.15) is 0 Å². The number of nitro benzene ring substituents is 1. The zero-order valence-electron chi connectivity index (χ0n) is 13.4. The van der Waals surface area contributed by atoms with Gasteiger partial charge in [-0.25, -0.2) is 4.79 Å². The molecule has 0 aliphatic heterocycles. The van der Waals surface area contributed by atoms with Crippen LogP contribution in [0.2, 0.25) is 0 Å². The maximum atomic E-state index is 12.6. The fourth-order valence-electron chi connectivity index (χ4n) is 2.18. The molecule has 0 saturated heterocycles. The monoisotopic (exact) mass is 332 g/mol. The van der Waals surface area contributed by atoms with Gasteiger partial charge in [-0.05, 0) is 25.1 Å². The highest BCUT2D eigenvalue weighted by atomic mass is 16.6. The Morgan fingerprint density at radius 2 is 1.96 bits per heavy atom. The molecule has 1 heterocycles. The summed E-state index contributed by atoms with van der Waals surface area (Å²) < 4.78 is 9.84. The van der Waals surface area contributed by atoms with Gasteiger partial charge in [0.2, 0.25) is 0 Å². The number of nitrogens with zero attached hydrogens (tertiary/aromatic N) is 2. The molecule has 0 fully saturated rings. The summed E-state index contributed by atoms with van der Waals surface area (Å²) in [5, 5.41) is 11.0. The molecule has 24 heavy (non-hydrogen) atoms. The third-order valence-electron chi connectivity index (χ3n) is 3.65. The topological polar surface area (TPSA) is 103 Å². The number of carbonyl (C=O) groups is 2. The highest BCUT2D eigenvalue weighted by Gasteiger charge is 2.24. The molecule has 0 aliphatic carbocycles. The third-order valence-corrected chi connectivity index (χ3v) is 3.65. The van der Waals surface area contributed by atoms with Gasteiger partial charge in [-0.15, -0.1) is 0 Å². The van der Waals surface area contributed by atoms with E-state index in [1.807, 2.05) is 0 Å². The number of hydrogen-bond donors (Lipinski definition) is 0. The van der Waals surface area contributed by atoms with Crippen LogP contribution < -0.4 is 0 Å². The van der Waals surface area contributed by atoms with Gasteiger partial charge in [0.15, 0.2) is 0 Å². The minimum absolute atomic E-state index is 0.0190. The Hall–Kier alpha value is -3.16. The molecule has 1 amide bonds. The molecule has 0 bridgehead atoms. The second-order valence-corrected chi connectivity index (χ2v) is 5.12. The number of amides is 1. The molecule has 0 spiro atoms. The largest absolute Gasteiger partial charge is 0.467 e. The Kier molecular flexibility index (Phi) is 4.98. The lowest BCUT2D eigenvalue weighted by Crippen LogP contribution is -2.29. The number of furan rings is 1. The van der Waals surface area contributed by atoms with Crippen LogP contribution in [0.3, 0.4) is 0 Å². The van der Waals surface area contributed by atoms with Crippen LogP contribution in [0.25, 0.3) is 0 Å². The SMILES string of the molecule is COC(=O)c1cc(C(=O)N(C)C(C)c2ccco2)cc([N+](=O)[O-])c1. The number of carbonyl (C=O) groups excluding carboxylic acids is 2. The van der Waals surface area contributed by atoms with Crippen LogP contribution in [0.15, 0.2) is 41.0 Å². The Morgan fingerprint density at radius 3 is 2.50 bits per heavy atom. The van der Waals surface area contributed by atoms with Gasteiger partial charge >= 0.3 is 5.97 Å². The second kappa shape index (κ2) is 6.95. The molecule has 0 aliphatic rings. The van der Waals surface area contributed by atoms with Gasteiger partial charge in [-0.1, -0.05) is 0 Å². The predicted octanol–water partition coefficient (Wildman–Crippen LogP) is 2.81. The normalized spacial score (nSPS) is 11.6. The Bertz CT molecular complexity index is 769. The molecule has 2 rings (SSSR count). The zero-order chi connectivity index (χ0) is 17.9. The molecule has 1 atom stereocenters. The van der Waals surface area contributed by atoms with Gasteiger partial charge in [0, 0.05) is 24.7 Å². The number of ether oxygens (including phenoxy) is 1. The molecule has 2 aromatic rings. The predicted molar refractivity (Wildman–Crippen MR) is 83.7 cm³/mol. The molecule has 0 saturated carbocycles. The smallest absolute Gasteiger partial charge is 0.338 e. The number of hydrogen-bond acceptors (Lipinski definition) is 6. The van der Waals surface area contributed by atoms with E-state index in [4.69, 9.17) is 4.42 Å². The Balaban J connectivity index is 2.39. The van der Waals surface area contributed by atoms with E-state index in [1.165, 1.54) is 17.2 Å². The van der Waals surface area contributed by atoms with Crippen LogP contribution in [0, 0.1) is 10.1 Å². The van der Waals surface area contributed by atoms with Gasteiger partial charge < -0.3 is 14.1 Å². The number of rotatable bonds is 5. The maximum absolute atomic E-state index is 12.6. The van der Waals surface area contributed by atoms with Crippen molar-refractivity contribution in [2.45, 2.75) is 13.0 Å². The summed E-state index contributed by atoms with van der Waals surface area (Å²) in [6, 6.07) is 6.51. The van der Waals surface area contributed by atoms with Crippen molar-refractivity contribution in [3.63, 3.8) is 0 Å². The average Bonchev–Trinajstić information content (AvgIpc) is 3.13. The number of benzene rings is 1. The van der Waals surface area contributed by atoms with Crippen LogP contribution in [0.1, 0.15) is 39.4 Å². The number of esters is 1. The Labute approximate surface area is 137 Å². The first-order valence-corrected chi connectivity index (χ1v) is 7.03. The van der Waals surface area contributed by atoms with E-state index in [9.17, 15) is 19.7 Å². The van der Waals surface area contributed by atoms with E-state index in [1.54, 1.807) is 26.1 Å². The summed E-state index contributed by atoms with van der Waals surface area (Å²) in [5.74, 6) is -0.660. The number of non-ortho nitro benzene ring substituents is 1. The van der Waals surface area contributed by atoms with Gasteiger partial charge in [0.25, 0.3) is 11.6 Å². The van der Waals surface area contributed by atoms with Crippen molar-refractivity contribution in [1.82, 2.24) is 4.90 Å². The molecule has 1 aromatic carbocycles. The van der Waals surface area contributed by atoms with Crippen LogP contribution in [-0.4, -0.2) is 35.9 Å². The highest BCUT2D eigenvalue weighted by molar-refractivity contribution is 5.99. The molecular weight excluding hydrogens is 316 g/mol. The van der Waals surface area contributed by atoms with Crippen LogP contribution in [0.5, 0.6) is 0 Å². The van der Waals surface area contributed by atoms with Gasteiger partial charge in [-0.3, -0.25) is 14.9 Å². The highest BCUT2D eigenvalue weighted by Crippen LogP contribution is 2.24. The van der Waals surface area contributed by atoms with Crippen molar-refractivity contribution in [2.24, 2.45) is 0 Å². The first kappa shape index (κ1) is 17.2. The molecule has 8 nitrogen and oxygen atoms in total. The fourth-order valence-corrected chi connectivity index (χ4v) is 2.18. The number of methoxy groups -OCH3 is 1. The summed E-state index contributed by atoms with van der Waals surface area (Å²) in [7, 11) is 2.71. The van der Waals surface area contributed by atoms with Gasteiger partial charge in [0.05, 0.1) is 29.9 Å². The minimum Gasteiger partial charge on any atom is -0.467 e. The molecule has 8 heteroatoms. The standard InChI is InChI=1S/C16H16N2O6/c1-10(14-5-4-6-24-14)17(2)15(19)11-7-12(16(20)23-3)9-13(8-11)18(21)22/h4-10H,1-3H3. The lowest BCUT2D eigenvalue weighted by molar-refractivity contribution is -0.384. The van der Waals surface area contributed by atoms with E-state index in [-0.39, 0.29) is 22.9 Å². The summed E-state index contributed by atoms with van der Waals surface area (Å²) in [4.78, 5) is 36.0. The van der Waals surface area contributed by atoms with E-state index in [2.05, 4.69) is 4.74 Å². The molecule has 126 valence electrons. The van der Waals surface area contributed by atoms with Crippen LogP contribution >= 0.6 is 0 Å². The molecule has 1 unspecified atom stereocenters. The molecular formula is C16H16N2O6. The fraction of sp³-hybridized carbons (Fsp3) is 0.250. The first-order chi connectivity index (χ1) is 11.3. The van der Waals surface area contributed by atoms with Crippen LogP contribution in [0.4, 0.5) is 5.69 Å². The lowest BCUT2D eigenvalue weighted by atomic mass is 10.1. The van der Waals surface area contributed by atoms with E-state index in [0.29, 0.717) is 5.76 Å². The van der Waals surface area contributed by atoms with Crippen molar-refractivity contribution in [2.75, 3.05) is 14.2 Å². The summed E-state index contributed by atoms with van der Waals surface area (Å²) in [5.41, 5.74) is -0.403. The molecule has 0 radical (unpaired) electrons. The minimum atomic E-state index is -0.755. The molecule has 1 aromatic heterocycles. The van der Waals surface area contributed by atoms with Gasteiger partial charge in [0.1, 0.15) is 5.76 Å². The zero-order valence-corrected chi connectivity index (χ0v) is 13.4. The second-order valence-electron chi connectivity index (χ2n) is 5.12. The maximum Gasteiger partial charge on any atom is 0.338 e. The molecule has 0 N–H and O–H groups in total. The summed E-state index contributed by atoms with van der Waals surface area (Å²) >= 11 is 0. The number of nitro groups is 1. The average molecular weight is 332 g/mol. The first-order valence-electron chi connectivity index (χ1n) is 7.03. The third kappa shape index (κ3) is 3.43. The van der Waals surface area contributed by atoms with Crippen molar-refractivity contribution in [1.29, 1.82) is 0 Å². The summed E-state index contributed by atoms with van der Waals surface area (Å²) in [6.45, 7) is 1.76. The quantitative estimate of drug-likeness (QED) is 0.474. The lowest BCUT2D eigenvalue weighted by Gasteiger charge is -2.23. The van der Waals surface area contributed by atoms with E-state index < -0.39 is 16.8 Å². The Morgan fingerprint density at radius 1 is 1.29 bits per heavy atom. The van der Waals surface area contributed by atoms with Crippen molar-refractivity contribution in [3.05, 3.63) is 63.6 Å². The summed E-state index contributed by atoms with van der Waals surface area (Å²) in [6.07, 6.45) is 1.49. The van der Waals surface area contributed by atoms with Crippen molar-refractivity contribution >= 4 is 17.6 Å². The van der Waals surface area contributed by atoms with Crippen molar-refractivity contribution < 1.29 is 23.7 Å². The van der Waals surface area contributed by atoms with Crippen molar-refractivity contribution in [3.8, 4) is 0 Å². The van der Waals surface area contributed by atoms with Crippen LogP contribution in [-0.2, 0) is 4.74 Å². The van der Waals surface area contributed by atoms with E-state index >= 15 is 0 Å².